The third-order valence-corrected chi connectivity index (χ3v) is 5.72. The molecule has 22 heavy (non-hydrogen) atoms. The third-order valence-electron chi connectivity index (χ3n) is 5.72. The van der Waals surface area contributed by atoms with Crippen LogP contribution in [0.4, 0.5) is 0 Å². The van der Waals surface area contributed by atoms with Crippen LogP contribution in [0, 0.1) is 23.2 Å². The molecule has 0 aromatic heterocycles. The van der Waals surface area contributed by atoms with Gasteiger partial charge in [-0.2, -0.15) is 0 Å². The summed E-state index contributed by atoms with van der Waals surface area (Å²) in [6.45, 7) is 6.86. The first-order valence-electron chi connectivity index (χ1n) is 8.82. The summed E-state index contributed by atoms with van der Waals surface area (Å²) in [4.78, 5) is 23.8. The van der Waals surface area contributed by atoms with E-state index in [0.717, 1.165) is 50.9 Å². The molecule has 0 aromatic carbocycles. The molecule has 0 aliphatic heterocycles. The van der Waals surface area contributed by atoms with Crippen molar-refractivity contribution in [1.29, 1.82) is 0 Å². The first-order valence-corrected chi connectivity index (χ1v) is 8.82. The van der Waals surface area contributed by atoms with Crippen LogP contribution in [0.15, 0.2) is 0 Å². The van der Waals surface area contributed by atoms with Crippen molar-refractivity contribution in [2.24, 2.45) is 23.2 Å². The number of carbonyl (C=O) groups excluding carboxylic acids is 1. The number of rotatable bonds is 3. The molecule has 2 atom stereocenters. The molecule has 0 heterocycles. The van der Waals surface area contributed by atoms with Crippen molar-refractivity contribution in [3.8, 4) is 0 Å². The van der Waals surface area contributed by atoms with E-state index < -0.39 is 11.9 Å². The highest BCUT2D eigenvalue weighted by molar-refractivity contribution is 5.85. The van der Waals surface area contributed by atoms with Gasteiger partial charge < -0.3 is 10.4 Å². The molecule has 2 rings (SSSR count). The number of carbonyl (C=O) groups is 2. The minimum atomic E-state index is -0.809. The Balaban J connectivity index is 1.86. The predicted octanol–water partition coefficient (Wildman–Crippen LogP) is 3.60. The molecule has 4 heteroatoms. The Morgan fingerprint density at radius 3 is 1.95 bits per heavy atom. The lowest BCUT2D eigenvalue weighted by atomic mass is 9.71. The quantitative estimate of drug-likeness (QED) is 0.837. The summed E-state index contributed by atoms with van der Waals surface area (Å²) in [7, 11) is 0. The largest absolute Gasteiger partial charge is 0.481 e. The molecule has 0 aromatic rings. The highest BCUT2D eigenvalue weighted by Crippen LogP contribution is 2.38. The van der Waals surface area contributed by atoms with Crippen molar-refractivity contribution in [2.45, 2.75) is 78.2 Å². The number of amides is 1. The molecule has 4 nitrogen and oxygen atoms in total. The van der Waals surface area contributed by atoms with Crippen LogP contribution >= 0.6 is 0 Å². The number of carboxylic acids is 1. The van der Waals surface area contributed by atoms with Crippen LogP contribution in [0.5, 0.6) is 0 Å². The van der Waals surface area contributed by atoms with Crippen molar-refractivity contribution in [1.82, 2.24) is 5.32 Å². The van der Waals surface area contributed by atoms with Gasteiger partial charge in [-0.15, -0.1) is 0 Å². The highest BCUT2D eigenvalue weighted by atomic mass is 16.4. The van der Waals surface area contributed by atoms with Crippen molar-refractivity contribution < 1.29 is 14.7 Å². The summed E-state index contributed by atoms with van der Waals surface area (Å²) >= 11 is 0. The van der Waals surface area contributed by atoms with Crippen molar-refractivity contribution in [3.63, 3.8) is 0 Å². The van der Waals surface area contributed by atoms with Crippen LogP contribution in [-0.2, 0) is 9.59 Å². The summed E-state index contributed by atoms with van der Waals surface area (Å²) in [6, 6.07) is 0.238. The van der Waals surface area contributed by atoms with Crippen LogP contribution in [0.1, 0.15) is 72.1 Å². The summed E-state index contributed by atoms with van der Waals surface area (Å²) in [6.07, 6.45) is 7.62. The summed E-state index contributed by atoms with van der Waals surface area (Å²) in [5, 5.41) is 12.5. The smallest absolute Gasteiger partial charge is 0.307 e. The fourth-order valence-corrected chi connectivity index (χ4v) is 4.15. The minimum Gasteiger partial charge on any atom is -0.481 e. The molecule has 0 saturated heterocycles. The zero-order valence-electron chi connectivity index (χ0n) is 14.2. The van der Waals surface area contributed by atoms with Crippen molar-refractivity contribution >= 4 is 11.9 Å². The van der Waals surface area contributed by atoms with Crippen LogP contribution in [0.25, 0.3) is 0 Å². The maximum absolute atomic E-state index is 12.5. The maximum Gasteiger partial charge on any atom is 0.307 e. The van der Waals surface area contributed by atoms with E-state index in [1.807, 2.05) is 0 Å². The zero-order chi connectivity index (χ0) is 16.3. The minimum absolute atomic E-state index is 0.0219. The summed E-state index contributed by atoms with van der Waals surface area (Å²) < 4.78 is 0. The third kappa shape index (κ3) is 4.23. The monoisotopic (exact) mass is 309 g/mol. The maximum atomic E-state index is 12.5. The van der Waals surface area contributed by atoms with Gasteiger partial charge in [0.25, 0.3) is 0 Å². The normalized spacial score (nSPS) is 33.2. The lowest BCUT2D eigenvalue weighted by molar-refractivity contribution is -0.149. The lowest BCUT2D eigenvalue weighted by Crippen LogP contribution is -2.45. The Bertz CT molecular complexity index is 405. The van der Waals surface area contributed by atoms with Gasteiger partial charge in [0.2, 0.25) is 5.91 Å². The average Bonchev–Trinajstić information content (AvgIpc) is 2.46. The van der Waals surface area contributed by atoms with Gasteiger partial charge in [0.05, 0.1) is 11.8 Å². The van der Waals surface area contributed by atoms with E-state index >= 15 is 0 Å². The molecule has 0 radical (unpaired) electrons. The molecule has 2 aliphatic rings. The van der Waals surface area contributed by atoms with E-state index in [2.05, 4.69) is 26.1 Å². The second kappa shape index (κ2) is 7.01. The molecule has 2 aliphatic carbocycles. The Morgan fingerprint density at radius 1 is 0.909 bits per heavy atom. The molecule has 126 valence electrons. The highest BCUT2D eigenvalue weighted by Gasteiger charge is 2.37. The van der Waals surface area contributed by atoms with Crippen LogP contribution in [0.3, 0.4) is 0 Å². The summed E-state index contributed by atoms with van der Waals surface area (Å²) in [5.74, 6) is -0.920. The summed E-state index contributed by atoms with van der Waals surface area (Å²) in [5.41, 5.74) is 0.340. The number of carboxylic acid groups (broad SMARTS) is 1. The number of hydrogen-bond acceptors (Lipinski definition) is 2. The molecule has 1 amide bonds. The van der Waals surface area contributed by atoms with E-state index in [9.17, 15) is 14.7 Å². The predicted molar refractivity (Wildman–Crippen MR) is 86.4 cm³/mol. The average molecular weight is 309 g/mol. The Kier molecular flexibility index (Phi) is 5.51. The molecule has 2 N–H and O–H groups in total. The van der Waals surface area contributed by atoms with Crippen LogP contribution in [-0.4, -0.2) is 23.0 Å². The van der Waals surface area contributed by atoms with Gasteiger partial charge in [-0.3, -0.25) is 9.59 Å². The van der Waals surface area contributed by atoms with E-state index in [4.69, 9.17) is 0 Å². The second-order valence-electron chi connectivity index (χ2n) is 8.26. The van der Waals surface area contributed by atoms with E-state index in [1.165, 1.54) is 0 Å². The van der Waals surface area contributed by atoms with Gasteiger partial charge >= 0.3 is 5.97 Å². The van der Waals surface area contributed by atoms with Crippen LogP contribution in [0.2, 0.25) is 0 Å². The first kappa shape index (κ1) is 17.3. The topological polar surface area (TPSA) is 66.4 Å². The fourth-order valence-electron chi connectivity index (χ4n) is 4.15. The molecular formula is C18H31NO3. The van der Waals surface area contributed by atoms with Gasteiger partial charge in [-0.1, -0.05) is 33.6 Å². The van der Waals surface area contributed by atoms with Gasteiger partial charge in [0.1, 0.15) is 0 Å². The molecule has 2 saturated carbocycles. The van der Waals surface area contributed by atoms with Crippen molar-refractivity contribution in [2.75, 3.05) is 0 Å². The number of aliphatic carboxylic acids is 1. The number of nitrogens with one attached hydrogen (secondary N) is 1. The molecular weight excluding hydrogens is 278 g/mol. The van der Waals surface area contributed by atoms with E-state index in [-0.39, 0.29) is 17.9 Å². The van der Waals surface area contributed by atoms with E-state index in [0.29, 0.717) is 11.8 Å². The van der Waals surface area contributed by atoms with Crippen molar-refractivity contribution in [3.05, 3.63) is 0 Å². The van der Waals surface area contributed by atoms with Gasteiger partial charge in [-0.05, 0) is 49.9 Å². The molecule has 0 spiro atoms. The lowest BCUT2D eigenvalue weighted by Gasteiger charge is -2.38. The Labute approximate surface area is 134 Å². The Hall–Kier alpha value is -1.06. The van der Waals surface area contributed by atoms with Gasteiger partial charge in [0, 0.05) is 6.04 Å². The van der Waals surface area contributed by atoms with Gasteiger partial charge in [0.15, 0.2) is 0 Å². The first-order chi connectivity index (χ1) is 10.3. The molecule has 2 fully saturated rings. The number of hydrogen-bond donors (Lipinski definition) is 2. The zero-order valence-corrected chi connectivity index (χ0v) is 14.2. The standard InChI is InChI=1S/C18H31NO3/c1-18(2,3)12-8-10-13(11-9-12)19-16(20)14-6-4-5-7-15(14)17(21)22/h12-15H,4-11H2,1-3H3,(H,19,20)(H,21,22). The van der Waals surface area contributed by atoms with Crippen LogP contribution < -0.4 is 5.32 Å². The molecule has 0 bridgehead atoms. The molecule has 2 unspecified atom stereocenters. The van der Waals surface area contributed by atoms with Gasteiger partial charge in [-0.25, -0.2) is 0 Å². The second-order valence-corrected chi connectivity index (χ2v) is 8.26. The SMILES string of the molecule is CC(C)(C)C1CCC(NC(=O)C2CCCCC2C(=O)O)CC1. The Morgan fingerprint density at radius 2 is 1.45 bits per heavy atom. The van der Waals surface area contributed by atoms with E-state index in [1.54, 1.807) is 0 Å². The fraction of sp³-hybridized carbons (Fsp3) is 0.889.